The van der Waals surface area contributed by atoms with E-state index >= 15 is 0 Å². The summed E-state index contributed by atoms with van der Waals surface area (Å²) in [6.45, 7) is 41.8. The molecule has 0 saturated heterocycles. The van der Waals surface area contributed by atoms with Crippen molar-refractivity contribution in [3.63, 3.8) is 0 Å². The number of hydrogen-bond donors (Lipinski definition) is 0. The van der Waals surface area contributed by atoms with Crippen LogP contribution < -0.4 is 4.90 Å². The fourth-order valence-electron chi connectivity index (χ4n) is 3.11. The SMILES string of the molecule is C=C(/C=C\C(=C)C(C)(C)C)N(C(=C)/C=C\C(=C)C(C)(C)C(C)(C)C)c1ccc(C(C)(C)C)cc1. The summed E-state index contributed by atoms with van der Waals surface area (Å²) in [4.78, 5) is 2.09. The van der Waals surface area contributed by atoms with Crippen molar-refractivity contribution in [3.8, 4) is 0 Å². The predicted molar refractivity (Wildman–Crippen MR) is 155 cm³/mol. The summed E-state index contributed by atoms with van der Waals surface area (Å²) < 4.78 is 0. The van der Waals surface area contributed by atoms with Crippen molar-refractivity contribution in [2.45, 2.75) is 81.6 Å². The van der Waals surface area contributed by atoms with Crippen LogP contribution in [0.1, 0.15) is 81.7 Å². The summed E-state index contributed by atoms with van der Waals surface area (Å²) in [7, 11) is 0. The Hall–Kier alpha value is -2.54. The highest BCUT2D eigenvalue weighted by Crippen LogP contribution is 2.44. The van der Waals surface area contributed by atoms with Gasteiger partial charge in [-0.3, -0.25) is 0 Å². The van der Waals surface area contributed by atoms with Crippen molar-refractivity contribution in [3.05, 3.63) is 103 Å². The second-order valence-corrected chi connectivity index (χ2v) is 13.0. The minimum Gasteiger partial charge on any atom is -0.312 e. The van der Waals surface area contributed by atoms with Crippen LogP contribution in [0.2, 0.25) is 0 Å². The van der Waals surface area contributed by atoms with Gasteiger partial charge in [-0.05, 0) is 62.7 Å². The molecule has 0 aromatic heterocycles. The molecule has 0 spiro atoms. The first-order chi connectivity index (χ1) is 15.2. The zero-order valence-corrected chi connectivity index (χ0v) is 23.9. The molecule has 0 atom stereocenters. The molecule has 0 aliphatic rings. The molecule has 0 saturated carbocycles. The number of allylic oxidation sites excluding steroid dienone is 6. The summed E-state index contributed by atoms with van der Waals surface area (Å²) in [5.74, 6) is 0. The van der Waals surface area contributed by atoms with Crippen LogP contribution in [-0.2, 0) is 5.41 Å². The molecule has 0 heterocycles. The fraction of sp³-hybridized carbons (Fsp3) is 0.455. The van der Waals surface area contributed by atoms with Crippen molar-refractivity contribution >= 4 is 5.69 Å². The van der Waals surface area contributed by atoms with E-state index < -0.39 is 0 Å². The van der Waals surface area contributed by atoms with Crippen molar-refractivity contribution in [2.75, 3.05) is 4.90 Å². The van der Waals surface area contributed by atoms with E-state index in [1.165, 1.54) is 5.56 Å². The Bertz CT molecular complexity index is 971. The largest absolute Gasteiger partial charge is 0.312 e. The van der Waals surface area contributed by atoms with Crippen LogP contribution in [0.3, 0.4) is 0 Å². The molecule has 0 amide bonds. The first-order valence-electron chi connectivity index (χ1n) is 12.2. The quantitative estimate of drug-likeness (QED) is 0.349. The molecule has 1 rings (SSSR count). The van der Waals surface area contributed by atoms with Crippen LogP contribution in [0.4, 0.5) is 5.69 Å². The topological polar surface area (TPSA) is 3.24 Å². The highest BCUT2D eigenvalue weighted by atomic mass is 15.1. The molecule has 1 nitrogen and oxygen atoms in total. The Kier molecular flexibility index (Phi) is 9.01. The highest BCUT2D eigenvalue weighted by Gasteiger charge is 2.34. The van der Waals surface area contributed by atoms with Crippen LogP contribution in [0.15, 0.2) is 97.4 Å². The summed E-state index contributed by atoms with van der Waals surface area (Å²) in [6.07, 6.45) is 8.22. The second kappa shape index (κ2) is 10.4. The molecule has 186 valence electrons. The Morgan fingerprint density at radius 1 is 0.618 bits per heavy atom. The van der Waals surface area contributed by atoms with Gasteiger partial charge in [0.1, 0.15) is 0 Å². The number of hydrogen-bond acceptors (Lipinski definition) is 1. The van der Waals surface area contributed by atoms with E-state index in [2.05, 4.69) is 144 Å². The van der Waals surface area contributed by atoms with Gasteiger partial charge in [-0.1, -0.05) is 127 Å². The maximum Gasteiger partial charge on any atom is 0.0461 e. The van der Waals surface area contributed by atoms with E-state index in [0.29, 0.717) is 0 Å². The summed E-state index contributed by atoms with van der Waals surface area (Å²) in [5, 5.41) is 0. The minimum absolute atomic E-state index is 0.00313. The van der Waals surface area contributed by atoms with Gasteiger partial charge in [0.15, 0.2) is 0 Å². The molecular weight excluding hydrogens is 410 g/mol. The van der Waals surface area contributed by atoms with Crippen LogP contribution in [0, 0.1) is 16.2 Å². The molecule has 0 N–H and O–H groups in total. The van der Waals surface area contributed by atoms with Gasteiger partial charge in [0.05, 0.1) is 0 Å². The maximum absolute atomic E-state index is 4.40. The third-order valence-electron chi connectivity index (χ3n) is 7.16. The van der Waals surface area contributed by atoms with Crippen molar-refractivity contribution in [1.82, 2.24) is 0 Å². The lowest BCUT2D eigenvalue weighted by molar-refractivity contribution is 0.182. The molecule has 1 heteroatoms. The first kappa shape index (κ1) is 29.5. The number of rotatable bonds is 8. The van der Waals surface area contributed by atoms with Crippen LogP contribution >= 0.6 is 0 Å². The molecule has 0 aliphatic heterocycles. The molecule has 0 fully saturated rings. The average molecular weight is 460 g/mol. The molecule has 1 aromatic rings. The standard InChI is InChI=1S/C33H49N/c1-24(30(5,6)7)16-18-26(3)34(29-22-20-28(21-23-29)31(8,9)10)27(4)19-17-25(2)33(14,15)32(11,12)13/h16-23H,1-4H2,5-15H3/b18-16-,19-17-. The lowest BCUT2D eigenvalue weighted by Crippen LogP contribution is -2.30. The van der Waals surface area contributed by atoms with Gasteiger partial charge in [0, 0.05) is 17.1 Å². The van der Waals surface area contributed by atoms with E-state index in [0.717, 1.165) is 28.2 Å². The van der Waals surface area contributed by atoms with Gasteiger partial charge in [-0.15, -0.1) is 0 Å². The van der Waals surface area contributed by atoms with Gasteiger partial charge in [0.25, 0.3) is 0 Å². The van der Waals surface area contributed by atoms with E-state index in [-0.39, 0.29) is 21.7 Å². The number of anilines is 1. The maximum atomic E-state index is 4.40. The molecular formula is C33H49N. The smallest absolute Gasteiger partial charge is 0.0461 e. The summed E-state index contributed by atoms with van der Waals surface area (Å²) >= 11 is 0. The fourth-order valence-corrected chi connectivity index (χ4v) is 3.11. The van der Waals surface area contributed by atoms with E-state index in [9.17, 15) is 0 Å². The van der Waals surface area contributed by atoms with Crippen molar-refractivity contribution < 1.29 is 0 Å². The van der Waals surface area contributed by atoms with E-state index in [4.69, 9.17) is 0 Å². The van der Waals surface area contributed by atoms with Gasteiger partial charge in [0.2, 0.25) is 0 Å². The van der Waals surface area contributed by atoms with Crippen LogP contribution in [-0.4, -0.2) is 0 Å². The van der Waals surface area contributed by atoms with Crippen molar-refractivity contribution in [1.29, 1.82) is 0 Å². The monoisotopic (exact) mass is 459 g/mol. The Morgan fingerprint density at radius 2 is 1.03 bits per heavy atom. The normalized spacial score (nSPS) is 13.4. The lowest BCUT2D eigenvalue weighted by Gasteiger charge is -2.40. The second-order valence-electron chi connectivity index (χ2n) is 13.0. The number of benzene rings is 1. The van der Waals surface area contributed by atoms with Gasteiger partial charge in [-0.25, -0.2) is 0 Å². The molecule has 0 radical (unpaired) electrons. The van der Waals surface area contributed by atoms with Crippen LogP contribution in [0.5, 0.6) is 0 Å². The molecule has 0 unspecified atom stereocenters. The molecule has 34 heavy (non-hydrogen) atoms. The Morgan fingerprint density at radius 3 is 1.38 bits per heavy atom. The van der Waals surface area contributed by atoms with Crippen LogP contribution in [0.25, 0.3) is 0 Å². The van der Waals surface area contributed by atoms with Gasteiger partial charge < -0.3 is 4.90 Å². The summed E-state index contributed by atoms with van der Waals surface area (Å²) in [6, 6.07) is 8.66. The molecule has 1 aromatic carbocycles. The van der Waals surface area contributed by atoms with Gasteiger partial charge >= 0.3 is 0 Å². The minimum atomic E-state index is -0.0513. The van der Waals surface area contributed by atoms with Crippen molar-refractivity contribution in [2.24, 2.45) is 16.2 Å². The zero-order valence-electron chi connectivity index (χ0n) is 23.9. The summed E-state index contributed by atoms with van der Waals surface area (Å²) in [5.41, 5.74) is 6.27. The third-order valence-corrected chi connectivity index (χ3v) is 7.16. The zero-order chi connectivity index (χ0) is 26.7. The van der Waals surface area contributed by atoms with Gasteiger partial charge in [-0.2, -0.15) is 0 Å². The molecule has 0 aliphatic carbocycles. The highest BCUT2D eigenvalue weighted by molar-refractivity contribution is 5.62. The van der Waals surface area contributed by atoms with E-state index in [1.54, 1.807) is 0 Å². The molecule has 0 bridgehead atoms. The number of nitrogens with zero attached hydrogens (tertiary/aromatic N) is 1. The average Bonchev–Trinajstić information content (AvgIpc) is 2.68. The Labute approximate surface area is 211 Å². The lowest BCUT2D eigenvalue weighted by atomic mass is 9.65. The third kappa shape index (κ3) is 7.49. The Balaban J connectivity index is 3.38. The first-order valence-corrected chi connectivity index (χ1v) is 12.2. The predicted octanol–water partition coefficient (Wildman–Crippen LogP) is 10.2. The van der Waals surface area contributed by atoms with E-state index in [1.807, 2.05) is 12.2 Å².